The van der Waals surface area contributed by atoms with Crippen LogP contribution < -0.4 is 25.9 Å². The van der Waals surface area contributed by atoms with E-state index in [2.05, 4.69) is 67.2 Å². The van der Waals surface area contributed by atoms with Gasteiger partial charge in [-0.3, -0.25) is 15.0 Å². The van der Waals surface area contributed by atoms with E-state index >= 15 is 0 Å². The summed E-state index contributed by atoms with van der Waals surface area (Å²) in [5.74, 6) is 0.746. The lowest BCUT2D eigenvalue weighted by molar-refractivity contribution is 0.237. The predicted octanol–water partition coefficient (Wildman–Crippen LogP) is 2.76. The monoisotopic (exact) mass is 552 g/mol. The van der Waals surface area contributed by atoms with Crippen molar-refractivity contribution >= 4 is 34.3 Å². The van der Waals surface area contributed by atoms with E-state index in [1.807, 2.05) is 25.3 Å². The number of ether oxygens (including phenoxy) is 1. The van der Waals surface area contributed by atoms with Gasteiger partial charge in [-0.05, 0) is 75.8 Å². The highest BCUT2D eigenvalue weighted by atomic mass is 16.5. The van der Waals surface area contributed by atoms with Crippen LogP contribution in [0.4, 0.5) is 5.69 Å². The van der Waals surface area contributed by atoms with Gasteiger partial charge in [0, 0.05) is 72.5 Å². The van der Waals surface area contributed by atoms with E-state index in [0.717, 1.165) is 90.2 Å². The second-order valence-electron chi connectivity index (χ2n) is 11.0. The molecule has 5 heterocycles. The highest BCUT2D eigenvalue weighted by Gasteiger charge is 2.18. The summed E-state index contributed by atoms with van der Waals surface area (Å²) in [6, 6.07) is 10.7. The van der Waals surface area contributed by atoms with Crippen LogP contribution in [-0.2, 0) is 0 Å². The Morgan fingerprint density at radius 2 is 1.90 bits per heavy atom. The minimum Gasteiger partial charge on any atom is -0.491 e. The summed E-state index contributed by atoms with van der Waals surface area (Å²) in [7, 11) is 2.18. The van der Waals surface area contributed by atoms with E-state index < -0.39 is 0 Å². The van der Waals surface area contributed by atoms with Crippen molar-refractivity contribution in [2.75, 3.05) is 64.4 Å². The molecule has 2 saturated heterocycles. The van der Waals surface area contributed by atoms with E-state index in [4.69, 9.17) is 15.6 Å². The molecule has 214 valence electrons. The first kappa shape index (κ1) is 27.1. The van der Waals surface area contributed by atoms with E-state index in [1.165, 1.54) is 23.9 Å². The third-order valence-corrected chi connectivity index (χ3v) is 8.26. The molecule has 0 saturated carbocycles. The third-order valence-electron chi connectivity index (χ3n) is 8.26. The Hall–Kier alpha value is -4.08. The van der Waals surface area contributed by atoms with Crippen LogP contribution in [0.25, 0.3) is 40.0 Å². The number of benzene rings is 1. The first-order valence-corrected chi connectivity index (χ1v) is 14.6. The highest BCUT2D eigenvalue weighted by Crippen LogP contribution is 2.31. The quantitative estimate of drug-likeness (QED) is 0.309. The van der Waals surface area contributed by atoms with Gasteiger partial charge >= 0.3 is 0 Å². The number of allylic oxidation sites excluding steroid dienone is 1. The number of likely N-dealkylation sites (N-methyl/N-ethyl adjacent to an activating group) is 1. The second-order valence-corrected chi connectivity index (χ2v) is 11.0. The number of H-pyrrole nitrogens is 2. The molecular formula is C32H40N8O. The predicted molar refractivity (Wildman–Crippen MR) is 167 cm³/mol. The van der Waals surface area contributed by atoms with Crippen LogP contribution in [0.3, 0.4) is 0 Å². The second kappa shape index (κ2) is 12.2. The number of hydrogen-bond donors (Lipinski definition) is 3. The molecule has 0 aliphatic carbocycles. The first-order valence-electron chi connectivity index (χ1n) is 14.6. The number of likely N-dealkylation sites (tertiary alicyclic amines) is 1. The van der Waals surface area contributed by atoms with Crippen molar-refractivity contribution in [2.45, 2.75) is 19.8 Å². The number of fused-ring (bicyclic) bond motifs is 1. The van der Waals surface area contributed by atoms with Gasteiger partial charge in [-0.25, -0.2) is 0 Å². The summed E-state index contributed by atoms with van der Waals surface area (Å²) in [5, 5.41) is 11.1. The summed E-state index contributed by atoms with van der Waals surface area (Å²) >= 11 is 0. The molecule has 0 unspecified atom stereocenters. The molecule has 3 aromatic heterocycles. The van der Waals surface area contributed by atoms with Gasteiger partial charge in [0.05, 0.1) is 17.2 Å². The Kier molecular flexibility index (Phi) is 8.07. The normalized spacial score (nSPS) is 18.2. The van der Waals surface area contributed by atoms with E-state index in [9.17, 15) is 0 Å². The molecule has 2 fully saturated rings. The molecule has 41 heavy (non-hydrogen) atoms. The Morgan fingerprint density at radius 1 is 1.07 bits per heavy atom. The Balaban J connectivity index is 1.31. The summed E-state index contributed by atoms with van der Waals surface area (Å²) < 4.78 is 6.05. The third kappa shape index (κ3) is 5.87. The molecule has 2 aliphatic heterocycles. The van der Waals surface area contributed by atoms with E-state index in [-0.39, 0.29) is 0 Å². The number of nitrogens with one attached hydrogen (secondary N) is 2. The van der Waals surface area contributed by atoms with Gasteiger partial charge in [0.1, 0.15) is 18.1 Å². The highest BCUT2D eigenvalue weighted by molar-refractivity contribution is 5.96. The van der Waals surface area contributed by atoms with Crippen LogP contribution in [-0.4, -0.2) is 89.4 Å². The van der Waals surface area contributed by atoms with Gasteiger partial charge in [-0.15, -0.1) is 0 Å². The number of piperazine rings is 1. The van der Waals surface area contributed by atoms with Crippen molar-refractivity contribution in [3.63, 3.8) is 0 Å². The number of pyridine rings is 1. The van der Waals surface area contributed by atoms with Crippen LogP contribution in [0.15, 0.2) is 48.9 Å². The van der Waals surface area contributed by atoms with E-state index in [1.54, 1.807) is 12.4 Å². The fourth-order valence-electron chi connectivity index (χ4n) is 5.86. The maximum Gasteiger partial charge on any atom is 0.138 e. The topological polar surface area (TPSA) is 102 Å². The zero-order chi connectivity index (χ0) is 28.2. The smallest absolute Gasteiger partial charge is 0.138 e. The lowest BCUT2D eigenvalue weighted by Gasteiger charge is -2.34. The molecule has 1 aromatic carbocycles. The molecule has 6 rings (SSSR count). The van der Waals surface area contributed by atoms with Crippen LogP contribution in [0.2, 0.25) is 0 Å². The van der Waals surface area contributed by atoms with E-state index in [0.29, 0.717) is 6.61 Å². The van der Waals surface area contributed by atoms with Gasteiger partial charge < -0.3 is 25.3 Å². The molecule has 0 amide bonds. The lowest BCUT2D eigenvalue weighted by atomic mass is 10.1. The van der Waals surface area contributed by atoms with Crippen molar-refractivity contribution < 1.29 is 4.74 Å². The molecule has 0 spiro atoms. The number of hydrogen-bond acceptors (Lipinski definition) is 7. The number of aromatic nitrogens is 4. The van der Waals surface area contributed by atoms with Gasteiger partial charge in [0.25, 0.3) is 0 Å². The van der Waals surface area contributed by atoms with Crippen molar-refractivity contribution in [2.24, 2.45) is 5.73 Å². The molecule has 9 heteroatoms. The van der Waals surface area contributed by atoms with Crippen molar-refractivity contribution in [1.29, 1.82) is 0 Å². The zero-order valence-electron chi connectivity index (χ0n) is 24.1. The SMILES string of the molecule is C\C=c1/[nH]nc(-c2cc3c(N4CCN(C)CC4)cccc3[nH]2)/c1=C/C(=C\N)c1cncc(OCCN2CCCC2)c1. The number of nitrogens with zero attached hydrogens (tertiary/aromatic N) is 5. The van der Waals surface area contributed by atoms with Crippen LogP contribution in [0, 0.1) is 0 Å². The zero-order valence-corrected chi connectivity index (χ0v) is 24.1. The van der Waals surface area contributed by atoms with Crippen LogP contribution in [0.1, 0.15) is 25.3 Å². The minimum atomic E-state index is 0.647. The van der Waals surface area contributed by atoms with Gasteiger partial charge in [0.2, 0.25) is 0 Å². The maximum atomic E-state index is 6.18. The molecule has 2 aliphatic rings. The summed E-state index contributed by atoms with van der Waals surface area (Å²) in [6.07, 6.45) is 11.9. The molecular weight excluding hydrogens is 512 g/mol. The largest absolute Gasteiger partial charge is 0.491 e. The van der Waals surface area contributed by atoms with Gasteiger partial charge in [0.15, 0.2) is 0 Å². The average Bonchev–Trinajstić information content (AvgIpc) is 3.76. The fourth-order valence-corrected chi connectivity index (χ4v) is 5.86. The van der Waals surface area contributed by atoms with Crippen LogP contribution in [0.5, 0.6) is 5.75 Å². The standard InChI is InChI=1S/C32H40N8O/c1-3-28-27(18-23(20-33)24-17-25(22-34-21-24)41-16-15-39-9-4-5-10-39)32(37-36-28)30-19-26-29(35-30)7-6-8-31(26)40-13-11-38(2)12-14-40/h3,6-8,17-22,35-36H,4-5,9-16,33H2,1-2H3/b23-20+,27-18+,28-3-. The molecule has 0 radical (unpaired) electrons. The minimum absolute atomic E-state index is 0.647. The number of nitrogens with two attached hydrogens (primary N) is 1. The van der Waals surface area contributed by atoms with Gasteiger partial charge in [-0.1, -0.05) is 12.1 Å². The number of aromatic amines is 2. The Labute approximate surface area is 241 Å². The average molecular weight is 553 g/mol. The first-order chi connectivity index (χ1) is 20.1. The van der Waals surface area contributed by atoms with Crippen molar-refractivity contribution in [1.82, 2.24) is 30.0 Å². The fraction of sp³-hybridized carbons (Fsp3) is 0.375. The summed E-state index contributed by atoms with van der Waals surface area (Å²) in [5.41, 5.74) is 12.1. The Morgan fingerprint density at radius 3 is 2.68 bits per heavy atom. The van der Waals surface area contributed by atoms with Crippen molar-refractivity contribution in [3.05, 3.63) is 65.1 Å². The number of rotatable bonds is 8. The maximum absolute atomic E-state index is 6.18. The van der Waals surface area contributed by atoms with Gasteiger partial charge in [-0.2, -0.15) is 5.10 Å². The lowest BCUT2D eigenvalue weighted by Crippen LogP contribution is -2.44. The number of anilines is 1. The summed E-state index contributed by atoms with van der Waals surface area (Å²) in [6.45, 7) is 10.1. The molecule has 4 aromatic rings. The van der Waals surface area contributed by atoms with Crippen molar-refractivity contribution in [3.8, 4) is 17.1 Å². The molecule has 9 nitrogen and oxygen atoms in total. The Bertz CT molecular complexity index is 1640. The molecule has 4 N–H and O–H groups in total. The molecule has 0 bridgehead atoms. The summed E-state index contributed by atoms with van der Waals surface area (Å²) in [4.78, 5) is 15.4. The molecule has 0 atom stereocenters. The van der Waals surface area contributed by atoms with Crippen LogP contribution >= 0.6 is 0 Å².